The van der Waals surface area contributed by atoms with Crippen LogP contribution in [0.1, 0.15) is 54.8 Å². The molecule has 2 aromatic carbocycles. The lowest BCUT2D eigenvalue weighted by atomic mass is 9.95. The van der Waals surface area contributed by atoms with Crippen LogP contribution < -0.4 is 14.8 Å². The number of aliphatic carboxylic acids is 1. The summed E-state index contributed by atoms with van der Waals surface area (Å²) in [6.45, 7) is 1.10. The van der Waals surface area contributed by atoms with Crippen molar-refractivity contribution < 1.29 is 36.9 Å². The summed E-state index contributed by atoms with van der Waals surface area (Å²) in [4.78, 5) is 10.7. The second-order valence-corrected chi connectivity index (χ2v) is 7.93. The number of hydrogen-bond donors (Lipinski definition) is 2. The number of benzene rings is 2. The van der Waals surface area contributed by atoms with E-state index in [0.29, 0.717) is 18.4 Å². The number of carboxylic acid groups (broad SMARTS) is 1. The molecule has 1 fully saturated rings. The van der Waals surface area contributed by atoms with E-state index in [1.165, 1.54) is 19.2 Å². The Balaban J connectivity index is 1.69. The minimum Gasteiger partial charge on any atom is -0.494 e. The van der Waals surface area contributed by atoms with E-state index < -0.39 is 35.9 Å². The van der Waals surface area contributed by atoms with Crippen LogP contribution in [0.25, 0.3) is 0 Å². The molecule has 0 aromatic heterocycles. The molecule has 0 saturated heterocycles. The number of nitrogens with one attached hydrogen (secondary N) is 1. The van der Waals surface area contributed by atoms with E-state index in [0.717, 1.165) is 18.1 Å². The maximum atomic E-state index is 13.6. The average Bonchev–Trinajstić information content (AvgIpc) is 3.20. The van der Waals surface area contributed by atoms with Gasteiger partial charge in [-0.05, 0) is 67.5 Å². The van der Waals surface area contributed by atoms with Gasteiger partial charge < -0.3 is 19.9 Å². The Bertz CT molecular complexity index is 963. The van der Waals surface area contributed by atoms with Crippen LogP contribution in [0, 0.1) is 5.82 Å². The molecular weight excluding hydrogens is 430 g/mol. The molecule has 3 rings (SSSR count). The summed E-state index contributed by atoms with van der Waals surface area (Å²) in [5, 5.41) is 12.1. The smallest absolute Gasteiger partial charge is 0.419 e. The molecule has 9 heteroatoms. The van der Waals surface area contributed by atoms with Crippen molar-refractivity contribution in [1.29, 1.82) is 0 Å². The maximum absolute atomic E-state index is 13.6. The van der Waals surface area contributed by atoms with Crippen molar-refractivity contribution >= 4 is 5.97 Å². The molecule has 2 aromatic rings. The topological polar surface area (TPSA) is 67.8 Å². The number of ether oxygens (including phenoxy) is 2. The third-order valence-corrected chi connectivity index (χ3v) is 5.73. The third kappa shape index (κ3) is 5.70. The van der Waals surface area contributed by atoms with Crippen molar-refractivity contribution in [2.45, 2.75) is 50.4 Å². The zero-order valence-corrected chi connectivity index (χ0v) is 17.7. The van der Waals surface area contributed by atoms with Crippen LogP contribution >= 0.6 is 0 Å². The molecule has 1 aliphatic carbocycles. The minimum atomic E-state index is -4.66. The molecule has 0 radical (unpaired) electrons. The SMILES string of the molecule is COc1cc([C@@H](C)NC2CC[C@H](c3ccc(OCC(=O)O)c(C(F)(F)F)c3)C2)ccc1F. The highest BCUT2D eigenvalue weighted by Gasteiger charge is 2.36. The first-order valence-electron chi connectivity index (χ1n) is 10.2. The Hall–Kier alpha value is -2.81. The molecule has 32 heavy (non-hydrogen) atoms. The zero-order valence-electron chi connectivity index (χ0n) is 17.7. The van der Waals surface area contributed by atoms with Gasteiger partial charge in [0.05, 0.1) is 12.7 Å². The summed E-state index contributed by atoms with van der Waals surface area (Å²) in [7, 11) is 1.40. The van der Waals surface area contributed by atoms with E-state index in [4.69, 9.17) is 14.6 Å². The van der Waals surface area contributed by atoms with Crippen molar-refractivity contribution in [2.24, 2.45) is 0 Å². The highest BCUT2D eigenvalue weighted by atomic mass is 19.4. The van der Waals surface area contributed by atoms with Crippen LogP contribution in [0.2, 0.25) is 0 Å². The summed E-state index contributed by atoms with van der Waals surface area (Å²) in [5.41, 5.74) is 0.422. The summed E-state index contributed by atoms with van der Waals surface area (Å²) in [6, 6.07) is 8.45. The maximum Gasteiger partial charge on any atom is 0.419 e. The zero-order chi connectivity index (χ0) is 23.5. The molecule has 3 atom stereocenters. The van der Waals surface area contributed by atoms with Crippen LogP contribution in [0.15, 0.2) is 36.4 Å². The quantitative estimate of drug-likeness (QED) is 0.529. The van der Waals surface area contributed by atoms with Crippen molar-refractivity contribution in [3.63, 3.8) is 0 Å². The second-order valence-electron chi connectivity index (χ2n) is 7.93. The molecule has 0 spiro atoms. The van der Waals surface area contributed by atoms with E-state index in [2.05, 4.69) is 5.32 Å². The highest BCUT2D eigenvalue weighted by molar-refractivity contribution is 5.68. The van der Waals surface area contributed by atoms with Crippen LogP contribution in [0.3, 0.4) is 0 Å². The largest absolute Gasteiger partial charge is 0.494 e. The molecule has 0 bridgehead atoms. The molecule has 1 aliphatic rings. The van der Waals surface area contributed by atoms with Crippen LogP contribution in [0.4, 0.5) is 17.6 Å². The van der Waals surface area contributed by atoms with Gasteiger partial charge >= 0.3 is 12.1 Å². The van der Waals surface area contributed by atoms with Gasteiger partial charge in [0, 0.05) is 12.1 Å². The monoisotopic (exact) mass is 455 g/mol. The summed E-state index contributed by atoms with van der Waals surface area (Å²) in [5.74, 6) is -2.20. The second kappa shape index (κ2) is 9.77. The van der Waals surface area contributed by atoms with Crippen LogP contribution in [-0.2, 0) is 11.0 Å². The molecular formula is C23H25F4NO4. The number of alkyl halides is 3. The first-order chi connectivity index (χ1) is 15.1. The Labute approximate surface area is 183 Å². The molecule has 1 unspecified atom stereocenters. The van der Waals surface area contributed by atoms with Crippen LogP contribution in [-0.4, -0.2) is 30.8 Å². The van der Waals surface area contributed by atoms with E-state index >= 15 is 0 Å². The first-order valence-corrected chi connectivity index (χ1v) is 10.2. The standard InChI is InChI=1S/C23H25F4NO4/c1-13(14-4-7-19(24)21(11-14)31-2)28-17-6-3-15(9-17)16-5-8-20(32-12-22(29)30)18(10-16)23(25,26)27/h4-5,7-8,10-11,13,15,17,28H,3,6,9,12H2,1-2H3,(H,29,30)/t13-,15+,17?/m1/s1. The summed E-state index contributed by atoms with van der Waals surface area (Å²) < 4.78 is 64.0. The number of halogens is 4. The molecule has 1 saturated carbocycles. The van der Waals surface area contributed by atoms with E-state index in [9.17, 15) is 22.4 Å². The third-order valence-electron chi connectivity index (χ3n) is 5.73. The number of methoxy groups -OCH3 is 1. The van der Waals surface area contributed by atoms with Gasteiger partial charge in [-0.25, -0.2) is 9.18 Å². The summed E-state index contributed by atoms with van der Waals surface area (Å²) >= 11 is 0. The normalized spacial score (nSPS) is 19.6. The van der Waals surface area contributed by atoms with Gasteiger partial charge in [0.25, 0.3) is 0 Å². The fourth-order valence-electron chi connectivity index (χ4n) is 4.12. The number of carbonyl (C=O) groups is 1. The number of rotatable bonds is 8. The molecule has 0 heterocycles. The van der Waals surface area contributed by atoms with Crippen LogP contribution in [0.5, 0.6) is 11.5 Å². The van der Waals surface area contributed by atoms with Gasteiger partial charge in [0.1, 0.15) is 5.75 Å². The molecule has 0 aliphatic heterocycles. The molecule has 2 N–H and O–H groups in total. The van der Waals surface area contributed by atoms with E-state index in [-0.39, 0.29) is 23.8 Å². The molecule has 5 nitrogen and oxygen atoms in total. The van der Waals surface area contributed by atoms with Crippen molar-refractivity contribution in [3.8, 4) is 11.5 Å². The van der Waals surface area contributed by atoms with E-state index in [1.54, 1.807) is 18.2 Å². The number of hydrogen-bond acceptors (Lipinski definition) is 4. The number of carboxylic acids is 1. The predicted octanol–water partition coefficient (Wildman–Crippen LogP) is 5.30. The van der Waals surface area contributed by atoms with Crippen molar-refractivity contribution in [2.75, 3.05) is 13.7 Å². The van der Waals surface area contributed by atoms with Gasteiger partial charge in [-0.2, -0.15) is 13.2 Å². The van der Waals surface area contributed by atoms with Gasteiger partial charge in [-0.15, -0.1) is 0 Å². The summed E-state index contributed by atoms with van der Waals surface area (Å²) in [6.07, 6.45) is -2.51. The average molecular weight is 455 g/mol. The lowest BCUT2D eigenvalue weighted by Crippen LogP contribution is -2.29. The lowest BCUT2D eigenvalue weighted by Gasteiger charge is -2.21. The molecule has 0 amide bonds. The fourth-order valence-corrected chi connectivity index (χ4v) is 4.12. The molecule has 174 valence electrons. The Morgan fingerprint density at radius 3 is 2.59 bits per heavy atom. The predicted molar refractivity (Wildman–Crippen MR) is 109 cm³/mol. The minimum absolute atomic E-state index is 0.0722. The van der Waals surface area contributed by atoms with Gasteiger partial charge in [-0.3, -0.25) is 0 Å². The van der Waals surface area contributed by atoms with Crippen molar-refractivity contribution in [3.05, 3.63) is 58.9 Å². The van der Waals surface area contributed by atoms with E-state index in [1.807, 2.05) is 6.92 Å². The Kier molecular flexibility index (Phi) is 7.28. The Morgan fingerprint density at radius 1 is 1.19 bits per heavy atom. The fraction of sp³-hybridized carbons (Fsp3) is 0.435. The lowest BCUT2D eigenvalue weighted by molar-refractivity contribution is -0.143. The van der Waals surface area contributed by atoms with Gasteiger partial charge in [-0.1, -0.05) is 12.1 Å². The first kappa shape index (κ1) is 23.8. The van der Waals surface area contributed by atoms with Gasteiger partial charge in [0.2, 0.25) is 0 Å². The van der Waals surface area contributed by atoms with Gasteiger partial charge in [0.15, 0.2) is 18.2 Å². The Morgan fingerprint density at radius 2 is 1.94 bits per heavy atom. The van der Waals surface area contributed by atoms with Crippen molar-refractivity contribution in [1.82, 2.24) is 5.32 Å². The highest BCUT2D eigenvalue weighted by Crippen LogP contribution is 2.41.